The number of likely N-dealkylation sites (N-methyl/N-ethyl adjacent to an activating group) is 1. The van der Waals surface area contributed by atoms with Crippen LogP contribution >= 0.6 is 15.9 Å². The molecule has 0 fully saturated rings. The van der Waals surface area contributed by atoms with Crippen molar-refractivity contribution < 1.29 is 17.9 Å². The molecule has 1 aromatic carbocycles. The molecule has 0 amide bonds. The topological polar surface area (TPSA) is 83.6 Å². The van der Waals surface area contributed by atoms with Gasteiger partial charge in [0, 0.05) is 18.8 Å². The molecule has 0 heterocycles. The summed E-state index contributed by atoms with van der Waals surface area (Å²) in [6.07, 6.45) is 0. The number of hydrogen-bond donors (Lipinski definition) is 2. The van der Waals surface area contributed by atoms with Gasteiger partial charge in [0.2, 0.25) is 10.0 Å². The number of nitrogens with two attached hydrogens (primary N) is 1. The number of anilines is 1. The minimum atomic E-state index is -4.07. The highest BCUT2D eigenvalue weighted by atomic mass is 79.9. The Morgan fingerprint density at radius 3 is 2.45 bits per heavy atom. The third-order valence-electron chi connectivity index (χ3n) is 2.55. The van der Waals surface area contributed by atoms with Gasteiger partial charge in [-0.1, -0.05) is 6.92 Å². The van der Waals surface area contributed by atoms with Crippen molar-refractivity contribution in [2.24, 2.45) is 0 Å². The van der Waals surface area contributed by atoms with Crippen LogP contribution in [0, 0.1) is 5.82 Å². The van der Waals surface area contributed by atoms with Crippen LogP contribution in [0.15, 0.2) is 21.5 Å². The molecule has 0 radical (unpaired) electrons. The van der Waals surface area contributed by atoms with E-state index in [9.17, 15) is 17.9 Å². The SMILES string of the molecule is CCN(CC(C)(C)O)S(=O)(=O)c1cc(N)cc(Br)c1F. The van der Waals surface area contributed by atoms with Crippen molar-refractivity contribution in [3.63, 3.8) is 0 Å². The molecular formula is C12H18BrFN2O3S. The maximum absolute atomic E-state index is 14.0. The zero-order valence-electron chi connectivity index (χ0n) is 11.5. The van der Waals surface area contributed by atoms with Crippen molar-refractivity contribution >= 4 is 31.6 Å². The van der Waals surface area contributed by atoms with Crippen molar-refractivity contribution in [3.05, 3.63) is 22.4 Å². The van der Waals surface area contributed by atoms with Crippen LogP contribution in [0.3, 0.4) is 0 Å². The van der Waals surface area contributed by atoms with Crippen molar-refractivity contribution in [1.82, 2.24) is 4.31 Å². The molecular weight excluding hydrogens is 351 g/mol. The lowest BCUT2D eigenvalue weighted by Gasteiger charge is -2.27. The summed E-state index contributed by atoms with van der Waals surface area (Å²) in [6, 6.07) is 2.36. The summed E-state index contributed by atoms with van der Waals surface area (Å²) in [7, 11) is -4.07. The molecule has 0 atom stereocenters. The average molecular weight is 369 g/mol. The molecule has 0 aromatic heterocycles. The lowest BCUT2D eigenvalue weighted by molar-refractivity contribution is 0.0601. The zero-order chi connectivity index (χ0) is 15.7. The molecule has 0 saturated carbocycles. The number of sulfonamides is 1. The summed E-state index contributed by atoms with van der Waals surface area (Å²) in [4.78, 5) is -0.504. The number of halogens is 2. The second-order valence-electron chi connectivity index (χ2n) is 5.06. The van der Waals surface area contributed by atoms with Gasteiger partial charge in [0.15, 0.2) is 5.82 Å². The van der Waals surface area contributed by atoms with Gasteiger partial charge in [-0.2, -0.15) is 4.31 Å². The lowest BCUT2D eigenvalue weighted by Crippen LogP contribution is -2.42. The normalized spacial score (nSPS) is 12.9. The van der Waals surface area contributed by atoms with Gasteiger partial charge in [-0.05, 0) is 41.9 Å². The molecule has 1 aromatic rings. The minimum absolute atomic E-state index is 0.0182. The Balaban J connectivity index is 3.35. The number of rotatable bonds is 5. The Morgan fingerprint density at radius 2 is 2.00 bits per heavy atom. The van der Waals surface area contributed by atoms with Crippen molar-refractivity contribution in [2.45, 2.75) is 31.3 Å². The molecule has 0 saturated heterocycles. The summed E-state index contributed by atoms with van der Waals surface area (Å²) >= 11 is 2.93. The number of nitrogen functional groups attached to an aromatic ring is 1. The van der Waals surface area contributed by atoms with Crippen LogP contribution in [0.5, 0.6) is 0 Å². The Morgan fingerprint density at radius 1 is 1.45 bits per heavy atom. The van der Waals surface area contributed by atoms with Gasteiger partial charge in [-0.25, -0.2) is 12.8 Å². The summed E-state index contributed by atoms with van der Waals surface area (Å²) in [5.74, 6) is -0.895. The van der Waals surface area contributed by atoms with Gasteiger partial charge in [-0.3, -0.25) is 0 Å². The van der Waals surface area contributed by atoms with Gasteiger partial charge in [0.25, 0.3) is 0 Å². The molecule has 0 aliphatic carbocycles. The van der Waals surface area contributed by atoms with Crippen LogP contribution in [-0.2, 0) is 10.0 Å². The standard InChI is InChI=1S/C12H18BrFN2O3S/c1-4-16(7-12(2,3)17)20(18,19)10-6-8(15)5-9(13)11(10)14/h5-6,17H,4,7,15H2,1-3H3. The van der Waals surface area contributed by atoms with Crippen molar-refractivity contribution in [3.8, 4) is 0 Å². The zero-order valence-corrected chi connectivity index (χ0v) is 13.9. The molecule has 8 heteroatoms. The molecule has 0 aliphatic rings. The first-order chi connectivity index (χ1) is 8.99. The van der Waals surface area contributed by atoms with E-state index in [0.717, 1.165) is 10.4 Å². The Kier molecular flexibility index (Phi) is 5.18. The van der Waals surface area contributed by atoms with E-state index in [1.54, 1.807) is 6.92 Å². The highest BCUT2D eigenvalue weighted by Gasteiger charge is 2.31. The first kappa shape index (κ1) is 17.4. The largest absolute Gasteiger partial charge is 0.399 e. The summed E-state index contributed by atoms with van der Waals surface area (Å²) in [5, 5.41) is 9.77. The fourth-order valence-corrected chi connectivity index (χ4v) is 4.04. The van der Waals surface area contributed by atoms with E-state index in [4.69, 9.17) is 5.73 Å². The Labute approximate surface area is 126 Å². The molecule has 1 rings (SSSR count). The fourth-order valence-electron chi connectivity index (χ4n) is 1.71. The highest BCUT2D eigenvalue weighted by molar-refractivity contribution is 9.10. The molecule has 0 aliphatic heterocycles. The van der Waals surface area contributed by atoms with Gasteiger partial charge < -0.3 is 10.8 Å². The van der Waals surface area contributed by atoms with E-state index >= 15 is 0 Å². The number of nitrogens with zero attached hydrogens (tertiary/aromatic N) is 1. The predicted octanol–water partition coefficient (Wildman–Crippen LogP) is 1.95. The van der Waals surface area contributed by atoms with Crippen LogP contribution in [0.1, 0.15) is 20.8 Å². The van der Waals surface area contributed by atoms with Gasteiger partial charge >= 0.3 is 0 Å². The van der Waals surface area contributed by atoms with Crippen LogP contribution in [0.4, 0.5) is 10.1 Å². The molecule has 0 spiro atoms. The minimum Gasteiger partial charge on any atom is -0.399 e. The van der Waals surface area contributed by atoms with Crippen LogP contribution in [-0.4, -0.2) is 36.5 Å². The molecule has 3 N–H and O–H groups in total. The number of benzene rings is 1. The maximum Gasteiger partial charge on any atom is 0.246 e. The fraction of sp³-hybridized carbons (Fsp3) is 0.500. The van der Waals surface area contributed by atoms with Crippen LogP contribution < -0.4 is 5.73 Å². The average Bonchev–Trinajstić information content (AvgIpc) is 2.29. The highest BCUT2D eigenvalue weighted by Crippen LogP contribution is 2.28. The van der Waals surface area contributed by atoms with E-state index < -0.39 is 26.3 Å². The smallest absolute Gasteiger partial charge is 0.246 e. The van der Waals surface area contributed by atoms with Gasteiger partial charge in [-0.15, -0.1) is 0 Å². The van der Waals surface area contributed by atoms with Crippen LogP contribution in [0.2, 0.25) is 0 Å². The van der Waals surface area contributed by atoms with E-state index in [-0.39, 0.29) is 23.2 Å². The molecule has 114 valence electrons. The van der Waals surface area contributed by atoms with Crippen molar-refractivity contribution in [1.29, 1.82) is 0 Å². The second kappa shape index (κ2) is 5.97. The molecule has 0 unspecified atom stereocenters. The Hall–Kier alpha value is -0.700. The predicted molar refractivity (Wildman–Crippen MR) is 79.2 cm³/mol. The summed E-state index contributed by atoms with van der Waals surface area (Å²) in [6.45, 7) is 4.55. The summed E-state index contributed by atoms with van der Waals surface area (Å²) < 4.78 is 40.0. The Bertz CT molecular complexity index is 599. The third kappa shape index (κ3) is 3.91. The second-order valence-corrected chi connectivity index (χ2v) is 7.82. The number of hydrogen-bond acceptors (Lipinski definition) is 4. The first-order valence-electron chi connectivity index (χ1n) is 5.96. The molecule has 20 heavy (non-hydrogen) atoms. The van der Waals surface area contributed by atoms with Crippen LogP contribution in [0.25, 0.3) is 0 Å². The number of aliphatic hydroxyl groups is 1. The lowest BCUT2D eigenvalue weighted by atomic mass is 10.1. The van der Waals surface area contributed by atoms with Gasteiger partial charge in [0.1, 0.15) is 4.90 Å². The van der Waals surface area contributed by atoms with Crippen molar-refractivity contribution in [2.75, 3.05) is 18.8 Å². The monoisotopic (exact) mass is 368 g/mol. The van der Waals surface area contributed by atoms with E-state index in [1.807, 2.05) is 0 Å². The quantitative estimate of drug-likeness (QED) is 0.778. The van der Waals surface area contributed by atoms with E-state index in [2.05, 4.69) is 15.9 Å². The molecule has 0 bridgehead atoms. The van der Waals surface area contributed by atoms with Gasteiger partial charge in [0.05, 0.1) is 10.1 Å². The van der Waals surface area contributed by atoms with E-state index in [1.165, 1.54) is 19.9 Å². The maximum atomic E-state index is 14.0. The summed E-state index contributed by atoms with van der Waals surface area (Å²) in [5.41, 5.74) is 4.48. The third-order valence-corrected chi connectivity index (χ3v) is 5.05. The first-order valence-corrected chi connectivity index (χ1v) is 8.19. The van der Waals surface area contributed by atoms with E-state index in [0.29, 0.717) is 0 Å². The molecule has 5 nitrogen and oxygen atoms in total.